The van der Waals surface area contributed by atoms with Crippen LogP contribution in [0.15, 0.2) is 0 Å². The number of halogens is 1. The fourth-order valence-corrected chi connectivity index (χ4v) is 0.807. The summed E-state index contributed by atoms with van der Waals surface area (Å²) in [5, 5.41) is 0. The summed E-state index contributed by atoms with van der Waals surface area (Å²) in [7, 11) is 0. The third-order valence-electron chi connectivity index (χ3n) is 1.58. The first-order chi connectivity index (χ1) is 5.90. The van der Waals surface area contributed by atoms with Crippen molar-refractivity contribution in [2.45, 2.75) is 45.6 Å². The Morgan fingerprint density at radius 3 is 2.31 bits per heavy atom. The summed E-state index contributed by atoms with van der Waals surface area (Å²) in [4.78, 5) is 22.1. The molecule has 0 aromatic heterocycles. The molecule has 0 spiro atoms. The minimum absolute atomic E-state index is 0.157. The van der Waals surface area contributed by atoms with Gasteiger partial charge in [-0.05, 0) is 20.3 Å². The number of esters is 1. The maximum Gasteiger partial charge on any atom is 0.306 e. The summed E-state index contributed by atoms with van der Waals surface area (Å²) in [5.74, 6) is -0.295. The van der Waals surface area contributed by atoms with Crippen LogP contribution in [0.3, 0.4) is 0 Å². The van der Waals surface area contributed by atoms with Gasteiger partial charge in [0.2, 0.25) is 3.79 Å². The summed E-state index contributed by atoms with van der Waals surface area (Å²) in [6, 6.07) is 0. The molecule has 4 heteroatoms. The molecule has 0 aliphatic heterocycles. The second-order valence-corrected chi connectivity index (χ2v) is 4.34. The van der Waals surface area contributed by atoms with E-state index < -0.39 is 5.60 Å². The third-order valence-corrected chi connectivity index (χ3v) is 2.88. The second-order valence-electron chi connectivity index (χ2n) is 3.36. The van der Waals surface area contributed by atoms with Crippen LogP contribution in [0, 0.1) is 0 Å². The Bertz CT molecular complexity index is 199. The van der Waals surface area contributed by atoms with E-state index in [4.69, 9.17) is 4.74 Å². The van der Waals surface area contributed by atoms with Crippen molar-refractivity contribution in [1.29, 1.82) is 0 Å². The maximum atomic E-state index is 11.1. The molecule has 0 saturated heterocycles. The van der Waals surface area contributed by atoms with E-state index in [-0.39, 0.29) is 9.76 Å². The molecule has 0 amide bonds. The van der Waals surface area contributed by atoms with Crippen LogP contribution >= 0.6 is 22.6 Å². The smallest absolute Gasteiger partial charge is 0.306 e. The lowest BCUT2D eigenvalue weighted by molar-refractivity contribution is -0.160. The second kappa shape index (κ2) is 5.57. The lowest BCUT2D eigenvalue weighted by Crippen LogP contribution is -2.33. The topological polar surface area (TPSA) is 43.4 Å². The molecule has 76 valence electrons. The standard InChI is InChI=1S/C9H15IO3/c1-4-5-6-7(11)13-9(2,3)8(10)12/h4-6H2,1-3H3. The van der Waals surface area contributed by atoms with Gasteiger partial charge >= 0.3 is 5.97 Å². The Labute approximate surface area is 92.4 Å². The van der Waals surface area contributed by atoms with Gasteiger partial charge in [0, 0.05) is 29.0 Å². The number of rotatable bonds is 5. The fraction of sp³-hybridized carbons (Fsp3) is 0.778. The zero-order valence-electron chi connectivity index (χ0n) is 8.22. The largest absolute Gasteiger partial charge is 0.451 e. The summed E-state index contributed by atoms with van der Waals surface area (Å²) in [5.41, 5.74) is -0.981. The first-order valence-corrected chi connectivity index (χ1v) is 5.39. The average Bonchev–Trinajstić information content (AvgIpc) is 1.99. The Morgan fingerprint density at radius 2 is 1.92 bits per heavy atom. The number of ether oxygens (including phenoxy) is 1. The van der Waals surface area contributed by atoms with Gasteiger partial charge in [0.1, 0.15) is 0 Å². The monoisotopic (exact) mass is 298 g/mol. The minimum atomic E-state index is -0.981. The molecule has 0 aromatic rings. The van der Waals surface area contributed by atoms with E-state index in [1.165, 1.54) is 0 Å². The van der Waals surface area contributed by atoms with Crippen molar-refractivity contribution >= 4 is 32.4 Å². The molecule has 0 heterocycles. The highest BCUT2D eigenvalue weighted by molar-refractivity contribution is 14.1. The lowest BCUT2D eigenvalue weighted by atomic mass is 10.1. The molecule has 13 heavy (non-hydrogen) atoms. The average molecular weight is 298 g/mol. The van der Waals surface area contributed by atoms with Gasteiger partial charge < -0.3 is 4.74 Å². The number of carbonyl (C=O) groups is 2. The maximum absolute atomic E-state index is 11.1. The van der Waals surface area contributed by atoms with Crippen molar-refractivity contribution in [2.24, 2.45) is 0 Å². The molecule has 0 rings (SSSR count). The first-order valence-electron chi connectivity index (χ1n) is 4.32. The van der Waals surface area contributed by atoms with Gasteiger partial charge in [-0.3, -0.25) is 9.59 Å². The van der Waals surface area contributed by atoms with Crippen molar-refractivity contribution in [3.05, 3.63) is 0 Å². The van der Waals surface area contributed by atoms with Crippen LogP contribution in [0.1, 0.15) is 40.0 Å². The summed E-state index contributed by atoms with van der Waals surface area (Å²) in [6.45, 7) is 5.21. The van der Waals surface area contributed by atoms with Crippen LogP contribution in [0.4, 0.5) is 0 Å². The van der Waals surface area contributed by atoms with E-state index in [0.717, 1.165) is 12.8 Å². The van der Waals surface area contributed by atoms with Crippen molar-refractivity contribution in [3.63, 3.8) is 0 Å². The minimum Gasteiger partial charge on any atom is -0.451 e. The van der Waals surface area contributed by atoms with Crippen LogP contribution in [-0.2, 0) is 14.3 Å². The first kappa shape index (κ1) is 12.9. The Morgan fingerprint density at radius 1 is 1.38 bits per heavy atom. The van der Waals surface area contributed by atoms with E-state index >= 15 is 0 Å². The highest BCUT2D eigenvalue weighted by atomic mass is 127. The van der Waals surface area contributed by atoms with E-state index in [0.29, 0.717) is 6.42 Å². The Kier molecular flexibility index (Phi) is 5.51. The van der Waals surface area contributed by atoms with Crippen molar-refractivity contribution < 1.29 is 14.3 Å². The number of hydrogen-bond donors (Lipinski definition) is 0. The summed E-state index contributed by atoms with van der Waals surface area (Å²) in [6.07, 6.45) is 2.15. The Balaban J connectivity index is 3.97. The molecule has 0 fully saturated rings. The molecule has 0 aromatic carbocycles. The number of hydrogen-bond acceptors (Lipinski definition) is 3. The zero-order valence-corrected chi connectivity index (χ0v) is 10.4. The van der Waals surface area contributed by atoms with Crippen LogP contribution in [0.5, 0.6) is 0 Å². The van der Waals surface area contributed by atoms with Gasteiger partial charge in [0.15, 0.2) is 5.60 Å². The van der Waals surface area contributed by atoms with Gasteiger partial charge in [-0.25, -0.2) is 0 Å². The van der Waals surface area contributed by atoms with Gasteiger partial charge in [-0.1, -0.05) is 13.3 Å². The molecule has 0 bridgehead atoms. The van der Waals surface area contributed by atoms with Crippen LogP contribution in [-0.4, -0.2) is 15.4 Å². The SMILES string of the molecule is CCCCC(=O)OC(C)(C)C(=O)I. The summed E-state index contributed by atoms with van der Waals surface area (Å²) < 4.78 is 4.85. The van der Waals surface area contributed by atoms with Crippen LogP contribution < -0.4 is 0 Å². The molecule has 0 radical (unpaired) electrons. The number of unbranched alkanes of at least 4 members (excludes halogenated alkanes) is 1. The third kappa shape index (κ3) is 5.23. The molecule has 3 nitrogen and oxygen atoms in total. The highest BCUT2D eigenvalue weighted by Crippen LogP contribution is 2.16. The Hall–Kier alpha value is -0.130. The van der Waals surface area contributed by atoms with Crippen molar-refractivity contribution in [3.8, 4) is 0 Å². The van der Waals surface area contributed by atoms with E-state index in [1.54, 1.807) is 36.4 Å². The lowest BCUT2D eigenvalue weighted by Gasteiger charge is -2.20. The van der Waals surface area contributed by atoms with Gasteiger partial charge in [-0.2, -0.15) is 0 Å². The molecule has 0 saturated carbocycles. The molecular weight excluding hydrogens is 283 g/mol. The van der Waals surface area contributed by atoms with Crippen molar-refractivity contribution in [1.82, 2.24) is 0 Å². The number of carbonyl (C=O) groups excluding carboxylic acids is 2. The fourth-order valence-electron chi connectivity index (χ4n) is 0.697. The van der Waals surface area contributed by atoms with Crippen molar-refractivity contribution in [2.75, 3.05) is 0 Å². The molecule has 0 N–H and O–H groups in total. The molecule has 0 aliphatic carbocycles. The van der Waals surface area contributed by atoms with E-state index in [9.17, 15) is 9.59 Å². The highest BCUT2D eigenvalue weighted by Gasteiger charge is 2.29. The molecule has 0 aliphatic rings. The van der Waals surface area contributed by atoms with Crippen LogP contribution in [0.2, 0.25) is 0 Å². The quantitative estimate of drug-likeness (QED) is 0.445. The predicted octanol–water partition coefficient (Wildman–Crippen LogP) is 2.46. The molecule has 0 unspecified atom stereocenters. The van der Waals surface area contributed by atoms with Gasteiger partial charge in [-0.15, -0.1) is 0 Å². The summed E-state index contributed by atoms with van der Waals surface area (Å²) >= 11 is 1.64. The van der Waals surface area contributed by atoms with Gasteiger partial charge in [0.25, 0.3) is 0 Å². The zero-order chi connectivity index (χ0) is 10.5. The van der Waals surface area contributed by atoms with Crippen LogP contribution in [0.25, 0.3) is 0 Å². The van der Waals surface area contributed by atoms with Gasteiger partial charge in [0.05, 0.1) is 0 Å². The predicted molar refractivity (Wildman–Crippen MR) is 58.7 cm³/mol. The van der Waals surface area contributed by atoms with E-state index in [2.05, 4.69) is 0 Å². The van der Waals surface area contributed by atoms with E-state index in [1.807, 2.05) is 6.92 Å². The molecule has 0 atom stereocenters. The normalized spacial score (nSPS) is 11.1. The molecular formula is C9H15IO3.